The van der Waals surface area contributed by atoms with E-state index >= 15 is 0 Å². The molecule has 4 rings (SSSR count). The van der Waals surface area contributed by atoms with Crippen molar-refractivity contribution in [1.29, 1.82) is 0 Å². The van der Waals surface area contributed by atoms with E-state index in [4.69, 9.17) is 0 Å². The van der Waals surface area contributed by atoms with Gasteiger partial charge in [0.25, 0.3) is 17.7 Å². The van der Waals surface area contributed by atoms with Crippen LogP contribution in [0.1, 0.15) is 49.1 Å². The summed E-state index contributed by atoms with van der Waals surface area (Å²) in [6, 6.07) is 15.3. The molecule has 0 aliphatic carbocycles. The fraction of sp³-hybridized carbons (Fsp3) is 0.120. The monoisotopic (exact) mass is 481 g/mol. The van der Waals surface area contributed by atoms with Crippen LogP contribution in [-0.2, 0) is 17.5 Å². The minimum Gasteiger partial charge on any atom is -0.325 e. The number of benzene rings is 3. The highest BCUT2D eigenvalue weighted by Crippen LogP contribution is 2.34. The summed E-state index contributed by atoms with van der Waals surface area (Å²) < 4.78 is 39.5. The maximum atomic E-state index is 13.2. The van der Waals surface area contributed by atoms with Crippen LogP contribution >= 0.6 is 0 Å². The topological polar surface area (TPSA) is 95.6 Å². The molecule has 0 unspecified atom stereocenters. The SMILES string of the molecule is CC(=O)Nc1ccc(C(F)(F)F)cc1NC(=O)c1ccc2c(c1)C(=O)N(Cc1ccccc1)C2=O. The predicted octanol–water partition coefficient (Wildman–Crippen LogP) is 4.71. The molecule has 0 radical (unpaired) electrons. The van der Waals surface area contributed by atoms with Gasteiger partial charge in [-0.3, -0.25) is 24.1 Å². The van der Waals surface area contributed by atoms with Crippen molar-refractivity contribution >= 4 is 35.0 Å². The Morgan fingerprint density at radius 2 is 1.51 bits per heavy atom. The normalized spacial score (nSPS) is 13.0. The number of rotatable bonds is 5. The molecular formula is C25H18F3N3O4. The Balaban J connectivity index is 1.61. The predicted molar refractivity (Wildman–Crippen MR) is 121 cm³/mol. The number of nitrogens with one attached hydrogen (secondary N) is 2. The Kier molecular flexibility index (Phi) is 6.12. The van der Waals surface area contributed by atoms with E-state index in [1.807, 2.05) is 0 Å². The van der Waals surface area contributed by atoms with Gasteiger partial charge in [0, 0.05) is 12.5 Å². The summed E-state index contributed by atoms with van der Waals surface area (Å²) in [5.41, 5.74) is -0.472. The maximum absolute atomic E-state index is 13.2. The van der Waals surface area contributed by atoms with Crippen molar-refractivity contribution in [1.82, 2.24) is 4.90 Å². The van der Waals surface area contributed by atoms with Crippen LogP contribution in [0.2, 0.25) is 0 Å². The average Bonchev–Trinajstić information content (AvgIpc) is 3.04. The molecule has 1 heterocycles. The summed E-state index contributed by atoms with van der Waals surface area (Å²) in [7, 11) is 0. The lowest BCUT2D eigenvalue weighted by molar-refractivity contribution is -0.137. The van der Waals surface area contributed by atoms with Gasteiger partial charge in [0.2, 0.25) is 5.91 Å². The van der Waals surface area contributed by atoms with Crippen LogP contribution in [0, 0.1) is 0 Å². The number of hydrogen-bond acceptors (Lipinski definition) is 4. The molecule has 0 fully saturated rings. The largest absolute Gasteiger partial charge is 0.416 e. The second kappa shape index (κ2) is 9.05. The zero-order valence-electron chi connectivity index (χ0n) is 18.3. The molecule has 3 aromatic carbocycles. The van der Waals surface area contributed by atoms with Crippen LogP contribution in [0.15, 0.2) is 66.7 Å². The number of amides is 4. The van der Waals surface area contributed by atoms with Crippen LogP contribution in [0.3, 0.4) is 0 Å². The van der Waals surface area contributed by atoms with Crippen molar-refractivity contribution in [2.45, 2.75) is 19.6 Å². The van der Waals surface area contributed by atoms with Crippen LogP contribution in [0.25, 0.3) is 0 Å². The van der Waals surface area contributed by atoms with Crippen LogP contribution in [0.5, 0.6) is 0 Å². The highest BCUT2D eigenvalue weighted by molar-refractivity contribution is 6.22. The quantitative estimate of drug-likeness (QED) is 0.516. The molecule has 7 nitrogen and oxygen atoms in total. The minimum absolute atomic E-state index is 0.0182. The van der Waals surface area contributed by atoms with Crippen LogP contribution in [-0.4, -0.2) is 28.5 Å². The average molecular weight is 481 g/mol. The van der Waals surface area contributed by atoms with E-state index in [9.17, 15) is 32.3 Å². The molecule has 0 spiro atoms. The molecule has 3 aromatic rings. The smallest absolute Gasteiger partial charge is 0.325 e. The molecule has 0 saturated heterocycles. The number of nitrogens with zero attached hydrogens (tertiary/aromatic N) is 1. The van der Waals surface area contributed by atoms with Gasteiger partial charge in [-0.25, -0.2) is 0 Å². The third-order valence-corrected chi connectivity index (χ3v) is 5.32. The number of anilines is 2. The van der Waals surface area contributed by atoms with E-state index in [1.165, 1.54) is 25.1 Å². The van der Waals surface area contributed by atoms with Gasteiger partial charge in [-0.1, -0.05) is 30.3 Å². The third-order valence-electron chi connectivity index (χ3n) is 5.32. The first-order valence-electron chi connectivity index (χ1n) is 10.4. The molecule has 1 aliphatic heterocycles. The molecule has 4 amide bonds. The summed E-state index contributed by atoms with van der Waals surface area (Å²) in [5.74, 6) is -2.45. The third kappa shape index (κ3) is 4.91. The summed E-state index contributed by atoms with van der Waals surface area (Å²) in [6.45, 7) is 1.23. The summed E-state index contributed by atoms with van der Waals surface area (Å²) >= 11 is 0. The van der Waals surface area contributed by atoms with Gasteiger partial charge in [-0.05, 0) is 42.0 Å². The van der Waals surface area contributed by atoms with Gasteiger partial charge < -0.3 is 10.6 Å². The fourth-order valence-electron chi connectivity index (χ4n) is 3.66. The van der Waals surface area contributed by atoms with E-state index < -0.39 is 35.4 Å². The Bertz CT molecular complexity index is 1350. The highest BCUT2D eigenvalue weighted by Gasteiger charge is 2.36. The zero-order valence-corrected chi connectivity index (χ0v) is 18.3. The lowest BCUT2D eigenvalue weighted by atomic mass is 10.0. The lowest BCUT2D eigenvalue weighted by Crippen LogP contribution is -2.29. The van der Waals surface area contributed by atoms with E-state index in [2.05, 4.69) is 10.6 Å². The number of imide groups is 1. The molecule has 2 N–H and O–H groups in total. The second-order valence-corrected chi connectivity index (χ2v) is 7.84. The van der Waals surface area contributed by atoms with Crippen molar-refractivity contribution < 1.29 is 32.3 Å². The van der Waals surface area contributed by atoms with Gasteiger partial charge in [0.15, 0.2) is 0 Å². The zero-order chi connectivity index (χ0) is 25.3. The van der Waals surface area contributed by atoms with Crippen molar-refractivity contribution in [2.24, 2.45) is 0 Å². The summed E-state index contributed by atoms with van der Waals surface area (Å²) in [6.07, 6.45) is -4.67. The molecule has 178 valence electrons. The number of hydrogen-bond donors (Lipinski definition) is 2. The van der Waals surface area contributed by atoms with E-state index in [-0.39, 0.29) is 34.6 Å². The number of carbonyl (C=O) groups is 4. The number of carbonyl (C=O) groups excluding carboxylic acids is 4. The first kappa shape index (κ1) is 23.7. The first-order chi connectivity index (χ1) is 16.5. The second-order valence-electron chi connectivity index (χ2n) is 7.84. The van der Waals surface area contributed by atoms with Crippen molar-refractivity contribution in [3.05, 3.63) is 94.5 Å². The van der Waals surface area contributed by atoms with Gasteiger partial charge in [0.05, 0.1) is 34.6 Å². The maximum Gasteiger partial charge on any atom is 0.416 e. The van der Waals surface area contributed by atoms with Crippen LogP contribution < -0.4 is 10.6 Å². The molecule has 0 aromatic heterocycles. The highest BCUT2D eigenvalue weighted by atomic mass is 19.4. The molecule has 1 aliphatic rings. The molecule has 0 atom stereocenters. The molecule has 10 heteroatoms. The number of halogens is 3. The molecular weight excluding hydrogens is 463 g/mol. The lowest BCUT2D eigenvalue weighted by Gasteiger charge is -2.15. The van der Waals surface area contributed by atoms with Crippen LogP contribution in [0.4, 0.5) is 24.5 Å². The molecule has 35 heavy (non-hydrogen) atoms. The Morgan fingerprint density at radius 3 is 2.17 bits per heavy atom. The van der Waals surface area contributed by atoms with E-state index in [1.54, 1.807) is 30.3 Å². The Labute approximate surface area is 197 Å². The van der Waals surface area contributed by atoms with Gasteiger partial charge in [0.1, 0.15) is 0 Å². The van der Waals surface area contributed by atoms with E-state index in [0.29, 0.717) is 6.07 Å². The Hall–Kier alpha value is -4.47. The van der Waals surface area contributed by atoms with Gasteiger partial charge in [-0.15, -0.1) is 0 Å². The van der Waals surface area contributed by atoms with E-state index in [0.717, 1.165) is 22.6 Å². The number of fused-ring (bicyclic) bond motifs is 1. The van der Waals surface area contributed by atoms with Crippen molar-refractivity contribution in [3.63, 3.8) is 0 Å². The van der Waals surface area contributed by atoms with Gasteiger partial charge in [-0.2, -0.15) is 13.2 Å². The standard InChI is InChI=1S/C25H18F3N3O4/c1-14(32)29-20-10-8-17(25(26,27)28)12-21(20)30-22(33)16-7-9-18-19(11-16)24(35)31(23(18)34)13-15-5-3-2-4-6-15/h2-12H,13H2,1H3,(H,29,32)(H,30,33). The molecule has 0 bridgehead atoms. The Morgan fingerprint density at radius 1 is 0.829 bits per heavy atom. The summed E-state index contributed by atoms with van der Waals surface area (Å²) in [5, 5.41) is 4.72. The minimum atomic E-state index is -4.67. The van der Waals surface area contributed by atoms with Crippen molar-refractivity contribution in [3.8, 4) is 0 Å². The van der Waals surface area contributed by atoms with Crippen molar-refractivity contribution in [2.75, 3.05) is 10.6 Å². The summed E-state index contributed by atoms with van der Waals surface area (Å²) in [4.78, 5) is 51.0. The van der Waals surface area contributed by atoms with Gasteiger partial charge >= 0.3 is 6.18 Å². The number of alkyl halides is 3. The first-order valence-corrected chi connectivity index (χ1v) is 10.4. The fourth-order valence-corrected chi connectivity index (χ4v) is 3.66. The molecule has 0 saturated carbocycles.